The second-order valence-electron chi connectivity index (χ2n) is 4.99. The number of aromatic amines is 1. The maximum atomic E-state index is 11.1. The predicted octanol–water partition coefficient (Wildman–Crippen LogP) is 1.08. The van der Waals surface area contributed by atoms with Crippen LogP contribution in [-0.4, -0.2) is 34.7 Å². The van der Waals surface area contributed by atoms with Crippen LogP contribution in [0.4, 0.5) is 11.6 Å². The molecule has 2 aromatic heterocycles. The highest BCUT2D eigenvalue weighted by atomic mass is 35.5. The Morgan fingerprint density at radius 2 is 2.30 bits per heavy atom. The number of carbonyl (C=O) groups excluding carboxylic acids is 1. The molecule has 0 aromatic carbocycles. The van der Waals surface area contributed by atoms with Crippen LogP contribution >= 0.6 is 11.6 Å². The van der Waals surface area contributed by atoms with Gasteiger partial charge >= 0.3 is 0 Å². The number of nitrogens with zero attached hydrogens (tertiary/aromatic N) is 4. The molecule has 23 heavy (non-hydrogen) atoms. The summed E-state index contributed by atoms with van der Waals surface area (Å²) in [7, 11) is 1.84. The van der Waals surface area contributed by atoms with E-state index < -0.39 is 5.91 Å². The number of nitrogens with one attached hydrogen (secondary N) is 1. The van der Waals surface area contributed by atoms with Crippen LogP contribution < -0.4 is 16.4 Å². The number of nitriles is 1. The lowest BCUT2D eigenvalue weighted by Crippen LogP contribution is -2.21. The molecule has 9 heteroatoms. The molecule has 0 aliphatic heterocycles. The number of H-pyrrole nitrogens is 1. The number of aryl methyl sites for hydroxylation is 1. The number of amides is 1. The van der Waals surface area contributed by atoms with Crippen molar-refractivity contribution in [1.29, 1.82) is 5.26 Å². The SMILES string of the molecule is CN(CCCc1[nH]nc(N)c1C#N)c1ncc(C(N)=O)cc1Cl. The second kappa shape index (κ2) is 6.98. The van der Waals surface area contributed by atoms with Crippen molar-refractivity contribution < 1.29 is 4.79 Å². The van der Waals surface area contributed by atoms with E-state index in [-0.39, 0.29) is 11.4 Å². The van der Waals surface area contributed by atoms with E-state index in [1.54, 1.807) is 0 Å². The first kappa shape index (κ1) is 16.6. The molecule has 0 bridgehead atoms. The standard InChI is InChI=1S/C14H16ClN7O/c1-22(14-10(15)5-8(7-19-14)13(18)23)4-2-3-11-9(6-16)12(17)21-20-11/h5,7H,2-4H2,1H3,(H2,18,23)(H3,17,20,21). The molecule has 120 valence electrons. The van der Waals surface area contributed by atoms with Gasteiger partial charge in [0.05, 0.1) is 16.3 Å². The van der Waals surface area contributed by atoms with E-state index in [9.17, 15) is 4.79 Å². The van der Waals surface area contributed by atoms with Gasteiger partial charge < -0.3 is 16.4 Å². The fraction of sp³-hybridized carbons (Fsp3) is 0.286. The van der Waals surface area contributed by atoms with Gasteiger partial charge in [-0.3, -0.25) is 9.89 Å². The quantitative estimate of drug-likeness (QED) is 0.723. The first-order valence-corrected chi connectivity index (χ1v) is 7.21. The average Bonchev–Trinajstić information content (AvgIpc) is 2.86. The Bertz CT molecular complexity index is 765. The lowest BCUT2D eigenvalue weighted by atomic mass is 10.1. The first-order chi connectivity index (χ1) is 10.9. The maximum Gasteiger partial charge on any atom is 0.250 e. The third kappa shape index (κ3) is 3.70. The number of carbonyl (C=O) groups is 1. The predicted molar refractivity (Wildman–Crippen MR) is 87.1 cm³/mol. The van der Waals surface area contributed by atoms with Gasteiger partial charge in [0.1, 0.15) is 17.5 Å². The van der Waals surface area contributed by atoms with E-state index in [2.05, 4.69) is 15.2 Å². The minimum absolute atomic E-state index is 0.211. The van der Waals surface area contributed by atoms with E-state index in [1.807, 2.05) is 18.0 Å². The van der Waals surface area contributed by atoms with Gasteiger partial charge in [-0.15, -0.1) is 0 Å². The van der Waals surface area contributed by atoms with Crippen molar-refractivity contribution in [1.82, 2.24) is 15.2 Å². The van der Waals surface area contributed by atoms with E-state index in [0.717, 1.165) is 6.42 Å². The zero-order valence-corrected chi connectivity index (χ0v) is 13.3. The Morgan fingerprint density at radius 3 is 2.91 bits per heavy atom. The highest BCUT2D eigenvalue weighted by Gasteiger charge is 2.13. The van der Waals surface area contributed by atoms with Crippen LogP contribution in [0.5, 0.6) is 0 Å². The minimum Gasteiger partial charge on any atom is -0.381 e. The van der Waals surface area contributed by atoms with Gasteiger partial charge in [-0.2, -0.15) is 10.4 Å². The van der Waals surface area contributed by atoms with Crippen LogP contribution in [0.25, 0.3) is 0 Å². The van der Waals surface area contributed by atoms with E-state index in [4.69, 9.17) is 28.3 Å². The normalized spacial score (nSPS) is 10.3. The van der Waals surface area contributed by atoms with Crippen molar-refractivity contribution in [3.8, 4) is 6.07 Å². The Labute approximate surface area is 138 Å². The van der Waals surface area contributed by atoms with E-state index in [1.165, 1.54) is 12.3 Å². The van der Waals surface area contributed by atoms with E-state index in [0.29, 0.717) is 35.1 Å². The number of nitrogens with two attached hydrogens (primary N) is 2. The molecular weight excluding hydrogens is 318 g/mol. The summed E-state index contributed by atoms with van der Waals surface area (Å²) in [5.74, 6) is 0.193. The van der Waals surface area contributed by atoms with Gasteiger partial charge in [0.2, 0.25) is 5.91 Å². The highest BCUT2D eigenvalue weighted by Crippen LogP contribution is 2.23. The summed E-state index contributed by atoms with van der Waals surface area (Å²) >= 11 is 6.13. The zero-order chi connectivity index (χ0) is 17.0. The Hall–Kier alpha value is -2.79. The summed E-state index contributed by atoms with van der Waals surface area (Å²) in [4.78, 5) is 17.1. The molecule has 0 aliphatic carbocycles. The zero-order valence-electron chi connectivity index (χ0n) is 12.5. The Balaban J connectivity index is 1.99. The van der Waals surface area contributed by atoms with Gasteiger partial charge in [-0.25, -0.2) is 4.98 Å². The Kier molecular flexibility index (Phi) is 5.03. The van der Waals surface area contributed by atoms with Crippen LogP contribution in [0.1, 0.15) is 28.0 Å². The van der Waals surface area contributed by atoms with Crippen molar-refractivity contribution in [2.45, 2.75) is 12.8 Å². The first-order valence-electron chi connectivity index (χ1n) is 6.83. The summed E-state index contributed by atoms with van der Waals surface area (Å²) in [5, 5.41) is 16.0. The molecule has 2 rings (SSSR count). The van der Waals surface area contributed by atoms with Crippen molar-refractivity contribution in [2.24, 2.45) is 5.73 Å². The maximum absolute atomic E-state index is 11.1. The molecule has 0 saturated carbocycles. The summed E-state index contributed by atoms with van der Waals surface area (Å²) in [5.41, 5.74) is 12.1. The van der Waals surface area contributed by atoms with Crippen molar-refractivity contribution in [2.75, 3.05) is 24.2 Å². The second-order valence-corrected chi connectivity index (χ2v) is 5.40. The molecule has 0 radical (unpaired) electrons. The number of rotatable bonds is 6. The molecule has 0 spiro atoms. The lowest BCUT2D eigenvalue weighted by molar-refractivity contribution is 0.1000. The number of pyridine rings is 1. The monoisotopic (exact) mass is 333 g/mol. The number of anilines is 2. The van der Waals surface area contributed by atoms with Crippen LogP contribution in [0, 0.1) is 11.3 Å². The summed E-state index contributed by atoms with van der Waals surface area (Å²) in [6.07, 6.45) is 2.75. The van der Waals surface area contributed by atoms with Crippen LogP contribution in [-0.2, 0) is 6.42 Å². The molecule has 0 aliphatic rings. The third-order valence-corrected chi connectivity index (χ3v) is 3.65. The number of hydrogen-bond acceptors (Lipinski definition) is 6. The number of primary amides is 1. The molecule has 8 nitrogen and oxygen atoms in total. The topological polar surface area (TPSA) is 138 Å². The molecular formula is C14H16ClN7O. The number of halogens is 1. The van der Waals surface area contributed by atoms with Gasteiger partial charge in [-0.05, 0) is 18.9 Å². The molecule has 2 aromatic rings. The molecule has 5 N–H and O–H groups in total. The lowest BCUT2D eigenvalue weighted by Gasteiger charge is -2.19. The van der Waals surface area contributed by atoms with Gasteiger partial charge in [0, 0.05) is 19.8 Å². The Morgan fingerprint density at radius 1 is 1.57 bits per heavy atom. The smallest absolute Gasteiger partial charge is 0.250 e. The molecule has 0 atom stereocenters. The number of nitrogen functional groups attached to an aromatic ring is 1. The van der Waals surface area contributed by atoms with Gasteiger partial charge in [0.25, 0.3) is 0 Å². The molecule has 0 unspecified atom stereocenters. The molecule has 0 fully saturated rings. The fourth-order valence-electron chi connectivity index (χ4n) is 2.14. The molecule has 1 amide bonds. The third-order valence-electron chi connectivity index (χ3n) is 3.37. The van der Waals surface area contributed by atoms with Crippen LogP contribution in [0.3, 0.4) is 0 Å². The number of hydrogen-bond donors (Lipinski definition) is 3. The summed E-state index contributed by atoms with van der Waals surface area (Å²) in [6, 6.07) is 3.52. The van der Waals surface area contributed by atoms with Crippen LogP contribution in [0.15, 0.2) is 12.3 Å². The highest BCUT2D eigenvalue weighted by molar-refractivity contribution is 6.33. The van der Waals surface area contributed by atoms with Gasteiger partial charge in [-0.1, -0.05) is 11.6 Å². The molecule has 0 saturated heterocycles. The largest absolute Gasteiger partial charge is 0.381 e. The number of aromatic nitrogens is 3. The minimum atomic E-state index is -0.575. The van der Waals surface area contributed by atoms with Gasteiger partial charge in [0.15, 0.2) is 5.82 Å². The average molecular weight is 334 g/mol. The fourth-order valence-corrected chi connectivity index (χ4v) is 2.46. The molecule has 2 heterocycles. The van der Waals surface area contributed by atoms with Crippen molar-refractivity contribution in [3.05, 3.63) is 34.1 Å². The van der Waals surface area contributed by atoms with Crippen molar-refractivity contribution >= 4 is 29.1 Å². The van der Waals surface area contributed by atoms with Crippen molar-refractivity contribution in [3.63, 3.8) is 0 Å². The summed E-state index contributed by atoms with van der Waals surface area (Å²) < 4.78 is 0. The van der Waals surface area contributed by atoms with Crippen LogP contribution in [0.2, 0.25) is 5.02 Å². The summed E-state index contributed by atoms with van der Waals surface area (Å²) in [6.45, 7) is 0.645. The van der Waals surface area contributed by atoms with E-state index >= 15 is 0 Å².